The third-order valence-electron chi connectivity index (χ3n) is 2.81. The fraction of sp³-hybridized carbons (Fsp3) is 0.500. The number of hydrogen-bond donors (Lipinski definition) is 2. The molecule has 0 saturated carbocycles. The van der Waals surface area contributed by atoms with Crippen LogP contribution in [0.5, 0.6) is 0 Å². The maximum Gasteiger partial charge on any atom is 0.315 e. The molecule has 0 fully saturated rings. The van der Waals surface area contributed by atoms with Crippen LogP contribution < -0.4 is 15.5 Å². The number of carbonyl (C=O) groups is 1. The summed E-state index contributed by atoms with van der Waals surface area (Å²) in [5, 5.41) is 17.1. The fourth-order valence-electron chi connectivity index (χ4n) is 2.03. The monoisotopic (exact) mass is 294 g/mol. The van der Waals surface area contributed by atoms with E-state index in [2.05, 4.69) is 10.6 Å². The number of amides is 1. The van der Waals surface area contributed by atoms with Crippen molar-refractivity contribution in [2.75, 3.05) is 30.4 Å². The van der Waals surface area contributed by atoms with Crippen molar-refractivity contribution >= 4 is 23.0 Å². The van der Waals surface area contributed by atoms with Crippen LogP contribution in [-0.2, 0) is 4.79 Å². The van der Waals surface area contributed by atoms with Crippen LogP contribution in [0.4, 0.5) is 17.1 Å². The number of hydrogen-bond acceptors (Lipinski definition) is 5. The van der Waals surface area contributed by atoms with Gasteiger partial charge in [0.15, 0.2) is 0 Å². The van der Waals surface area contributed by atoms with Crippen LogP contribution in [0.25, 0.3) is 0 Å². The first-order chi connectivity index (χ1) is 9.86. The summed E-state index contributed by atoms with van der Waals surface area (Å²) >= 11 is 0. The average Bonchev–Trinajstić information content (AvgIpc) is 2.37. The molecule has 0 bridgehead atoms. The highest BCUT2D eigenvalue weighted by Gasteiger charge is 2.23. The molecule has 0 atom stereocenters. The molecular weight excluding hydrogens is 272 g/mol. The van der Waals surface area contributed by atoms with Gasteiger partial charge in [-0.3, -0.25) is 14.9 Å². The van der Waals surface area contributed by atoms with Gasteiger partial charge in [0.05, 0.1) is 11.5 Å². The molecule has 7 nitrogen and oxygen atoms in total. The van der Waals surface area contributed by atoms with Crippen molar-refractivity contribution in [1.29, 1.82) is 0 Å². The molecule has 0 aromatic heterocycles. The van der Waals surface area contributed by atoms with Crippen LogP contribution in [-0.4, -0.2) is 37.0 Å². The highest BCUT2D eigenvalue weighted by molar-refractivity contribution is 5.84. The average molecular weight is 294 g/mol. The van der Waals surface area contributed by atoms with Gasteiger partial charge in [-0.2, -0.15) is 0 Å². The van der Waals surface area contributed by atoms with Gasteiger partial charge in [-0.1, -0.05) is 6.07 Å². The van der Waals surface area contributed by atoms with E-state index in [1.54, 1.807) is 30.1 Å². The van der Waals surface area contributed by atoms with E-state index in [0.29, 0.717) is 17.9 Å². The largest absolute Gasteiger partial charge is 0.380 e. The Morgan fingerprint density at radius 1 is 1.43 bits per heavy atom. The minimum Gasteiger partial charge on any atom is -0.380 e. The predicted molar refractivity (Wildman–Crippen MR) is 83.8 cm³/mol. The molecule has 1 aromatic carbocycles. The van der Waals surface area contributed by atoms with Gasteiger partial charge >= 0.3 is 5.69 Å². The Morgan fingerprint density at radius 3 is 2.62 bits per heavy atom. The lowest BCUT2D eigenvalue weighted by atomic mass is 10.2. The Morgan fingerprint density at radius 2 is 2.10 bits per heavy atom. The van der Waals surface area contributed by atoms with Crippen molar-refractivity contribution in [2.24, 2.45) is 0 Å². The van der Waals surface area contributed by atoms with Gasteiger partial charge in [0, 0.05) is 19.6 Å². The number of benzene rings is 1. The van der Waals surface area contributed by atoms with E-state index in [-0.39, 0.29) is 24.2 Å². The van der Waals surface area contributed by atoms with Crippen LogP contribution in [0.1, 0.15) is 20.8 Å². The van der Waals surface area contributed by atoms with E-state index in [1.807, 2.05) is 20.8 Å². The Bertz CT molecular complexity index is 517. The lowest BCUT2D eigenvalue weighted by molar-refractivity contribution is -0.383. The fourth-order valence-corrected chi connectivity index (χ4v) is 2.03. The molecule has 0 radical (unpaired) electrons. The lowest BCUT2D eigenvalue weighted by Crippen LogP contribution is -2.38. The summed E-state index contributed by atoms with van der Waals surface area (Å²) in [5.41, 5.74) is 0.854. The predicted octanol–water partition coefficient (Wildman–Crippen LogP) is 1.99. The molecule has 1 aromatic rings. The van der Waals surface area contributed by atoms with Gasteiger partial charge in [-0.25, -0.2) is 0 Å². The molecule has 2 N–H and O–H groups in total. The van der Waals surface area contributed by atoms with Crippen molar-refractivity contribution in [1.82, 2.24) is 5.32 Å². The number of carbonyl (C=O) groups excluding carboxylic acids is 1. The molecule has 7 heteroatoms. The number of nitro benzene ring substituents is 1. The van der Waals surface area contributed by atoms with Gasteiger partial charge in [-0.15, -0.1) is 0 Å². The molecule has 0 unspecified atom stereocenters. The number of nitro groups is 1. The maximum absolute atomic E-state index is 11.8. The summed E-state index contributed by atoms with van der Waals surface area (Å²) in [6, 6.07) is 5.07. The zero-order valence-corrected chi connectivity index (χ0v) is 12.8. The number of rotatable bonds is 7. The first-order valence-electron chi connectivity index (χ1n) is 6.88. The molecule has 0 aliphatic rings. The summed E-state index contributed by atoms with van der Waals surface area (Å²) in [4.78, 5) is 24.3. The molecule has 0 heterocycles. The smallest absolute Gasteiger partial charge is 0.315 e. The van der Waals surface area contributed by atoms with Crippen molar-refractivity contribution in [2.45, 2.75) is 26.8 Å². The number of likely N-dealkylation sites (N-methyl/N-ethyl adjacent to an activating group) is 1. The van der Waals surface area contributed by atoms with Gasteiger partial charge in [0.2, 0.25) is 5.91 Å². The third kappa shape index (κ3) is 4.62. The highest BCUT2D eigenvalue weighted by atomic mass is 16.6. The molecular formula is C14H22N4O3. The number of nitrogens with zero attached hydrogens (tertiary/aromatic N) is 2. The number of para-hydroxylation sites is 1. The Labute approximate surface area is 124 Å². The van der Waals surface area contributed by atoms with Crippen molar-refractivity contribution in [3.8, 4) is 0 Å². The third-order valence-corrected chi connectivity index (χ3v) is 2.81. The molecule has 1 rings (SSSR count). The Hall–Kier alpha value is -2.31. The van der Waals surface area contributed by atoms with E-state index in [0.717, 1.165) is 0 Å². The first-order valence-corrected chi connectivity index (χ1v) is 6.88. The number of nitrogens with one attached hydrogen (secondary N) is 2. The van der Waals surface area contributed by atoms with E-state index in [1.165, 1.54) is 0 Å². The SMILES string of the molecule is CCNc1cccc(N(C)CC(=O)NC(C)C)c1[N+](=O)[O-]. The zero-order chi connectivity index (χ0) is 16.0. The van der Waals surface area contributed by atoms with Gasteiger partial charge in [-0.05, 0) is 32.9 Å². The second kappa shape index (κ2) is 7.47. The van der Waals surface area contributed by atoms with Crippen LogP contribution in [0, 0.1) is 10.1 Å². The highest BCUT2D eigenvalue weighted by Crippen LogP contribution is 2.34. The number of anilines is 2. The topological polar surface area (TPSA) is 87.5 Å². The van der Waals surface area contributed by atoms with Crippen molar-refractivity contribution in [3.05, 3.63) is 28.3 Å². The van der Waals surface area contributed by atoms with E-state index in [4.69, 9.17) is 0 Å². The molecule has 21 heavy (non-hydrogen) atoms. The van der Waals surface area contributed by atoms with E-state index < -0.39 is 4.92 Å². The molecule has 0 saturated heterocycles. The minimum atomic E-state index is -0.426. The van der Waals surface area contributed by atoms with E-state index >= 15 is 0 Å². The summed E-state index contributed by atoms with van der Waals surface area (Å²) in [5.74, 6) is -0.171. The summed E-state index contributed by atoms with van der Waals surface area (Å²) in [6.45, 7) is 6.25. The first kappa shape index (κ1) is 16.7. The van der Waals surface area contributed by atoms with Crippen LogP contribution >= 0.6 is 0 Å². The van der Waals surface area contributed by atoms with Crippen LogP contribution in [0.15, 0.2) is 18.2 Å². The molecule has 116 valence electrons. The summed E-state index contributed by atoms with van der Waals surface area (Å²) in [7, 11) is 1.66. The second-order valence-corrected chi connectivity index (χ2v) is 5.04. The quantitative estimate of drug-likeness (QED) is 0.593. The van der Waals surface area contributed by atoms with Crippen LogP contribution in [0.2, 0.25) is 0 Å². The normalized spacial score (nSPS) is 10.3. The van der Waals surface area contributed by atoms with Crippen molar-refractivity contribution in [3.63, 3.8) is 0 Å². The molecule has 0 aliphatic carbocycles. The minimum absolute atomic E-state index is 0.0146. The Balaban J connectivity index is 3.03. The molecule has 0 aliphatic heterocycles. The van der Waals surface area contributed by atoms with Crippen molar-refractivity contribution < 1.29 is 9.72 Å². The summed E-state index contributed by atoms with van der Waals surface area (Å²) < 4.78 is 0. The standard InChI is InChI=1S/C14H22N4O3/c1-5-15-11-7-6-8-12(14(11)18(20)21)17(4)9-13(19)16-10(2)3/h6-8,10,15H,5,9H2,1-4H3,(H,16,19). The second-order valence-electron chi connectivity index (χ2n) is 5.04. The molecule has 0 spiro atoms. The van der Waals surface area contributed by atoms with Gasteiger partial charge in [0.25, 0.3) is 0 Å². The Kier molecular flexibility index (Phi) is 5.95. The van der Waals surface area contributed by atoms with E-state index in [9.17, 15) is 14.9 Å². The summed E-state index contributed by atoms with van der Waals surface area (Å²) in [6.07, 6.45) is 0. The van der Waals surface area contributed by atoms with Crippen LogP contribution in [0.3, 0.4) is 0 Å². The van der Waals surface area contributed by atoms with Gasteiger partial charge < -0.3 is 15.5 Å². The molecule has 1 amide bonds. The zero-order valence-electron chi connectivity index (χ0n) is 12.8. The lowest BCUT2D eigenvalue weighted by Gasteiger charge is -2.20. The maximum atomic E-state index is 11.8. The van der Waals surface area contributed by atoms with Gasteiger partial charge in [0.1, 0.15) is 11.4 Å².